The average Bonchev–Trinajstić information content (AvgIpc) is 2.45. The van der Waals surface area contributed by atoms with Crippen LogP contribution in [0.1, 0.15) is 0 Å². The van der Waals surface area contributed by atoms with Crippen LogP contribution in [0.15, 0.2) is 52.3 Å². The predicted octanol–water partition coefficient (Wildman–Crippen LogP) is 2.50. The van der Waals surface area contributed by atoms with Crippen molar-refractivity contribution in [3.05, 3.63) is 58.4 Å². The molecule has 0 unspecified atom stereocenters. The van der Waals surface area contributed by atoms with Crippen LogP contribution >= 0.6 is 11.9 Å². The lowest BCUT2D eigenvalue weighted by molar-refractivity contribution is -0.387. The van der Waals surface area contributed by atoms with Crippen molar-refractivity contribution >= 4 is 33.3 Å². The standard InChI is InChI=1S/C12H10FN3O4S2/c13-9-7-8(22(14,19)20)5-6-10(9)15-21-12-4-2-1-3-11(12)16(17)18/h1-7,15H,(H2,14,19,20). The Hall–Kier alpha value is -2.17. The van der Waals surface area contributed by atoms with Crippen molar-refractivity contribution in [3.8, 4) is 0 Å². The number of nitro groups is 1. The Morgan fingerprint density at radius 1 is 1.23 bits per heavy atom. The number of nitrogens with two attached hydrogens (primary N) is 1. The summed E-state index contributed by atoms with van der Waals surface area (Å²) in [5.41, 5.74) is -0.142. The van der Waals surface area contributed by atoms with Gasteiger partial charge in [-0.05, 0) is 36.2 Å². The molecule has 0 aliphatic heterocycles. The number of nitro benzene ring substituents is 1. The van der Waals surface area contributed by atoms with Gasteiger partial charge in [0.1, 0.15) is 10.7 Å². The van der Waals surface area contributed by atoms with E-state index in [0.717, 1.165) is 24.1 Å². The minimum atomic E-state index is -3.99. The Morgan fingerprint density at radius 3 is 2.50 bits per heavy atom. The van der Waals surface area contributed by atoms with E-state index in [1.165, 1.54) is 24.3 Å². The van der Waals surface area contributed by atoms with Crippen molar-refractivity contribution in [1.82, 2.24) is 0 Å². The number of nitrogens with zero attached hydrogens (tertiary/aromatic N) is 1. The highest BCUT2D eigenvalue weighted by Gasteiger charge is 2.15. The van der Waals surface area contributed by atoms with Crippen LogP contribution < -0.4 is 9.86 Å². The first-order valence-electron chi connectivity index (χ1n) is 5.77. The summed E-state index contributed by atoms with van der Waals surface area (Å²) in [4.78, 5) is 10.3. The number of rotatable bonds is 5. The Kier molecular flexibility index (Phi) is 4.64. The lowest BCUT2D eigenvalue weighted by Gasteiger charge is -2.08. The van der Waals surface area contributed by atoms with Gasteiger partial charge in [-0.3, -0.25) is 10.1 Å². The van der Waals surface area contributed by atoms with E-state index in [-0.39, 0.29) is 16.3 Å². The second-order valence-electron chi connectivity index (χ2n) is 4.12. The van der Waals surface area contributed by atoms with Gasteiger partial charge < -0.3 is 4.72 Å². The topological polar surface area (TPSA) is 115 Å². The zero-order valence-electron chi connectivity index (χ0n) is 10.9. The first-order valence-corrected chi connectivity index (χ1v) is 8.14. The van der Waals surface area contributed by atoms with E-state index >= 15 is 0 Å². The molecule has 0 saturated heterocycles. The van der Waals surface area contributed by atoms with Gasteiger partial charge in [0.15, 0.2) is 0 Å². The molecule has 2 aromatic carbocycles. The Morgan fingerprint density at radius 2 is 1.91 bits per heavy atom. The number of anilines is 1. The molecule has 0 atom stereocenters. The lowest BCUT2D eigenvalue weighted by atomic mass is 10.3. The van der Waals surface area contributed by atoms with Crippen molar-refractivity contribution in [2.45, 2.75) is 9.79 Å². The maximum atomic E-state index is 13.8. The van der Waals surface area contributed by atoms with E-state index in [9.17, 15) is 22.9 Å². The lowest BCUT2D eigenvalue weighted by Crippen LogP contribution is -2.12. The Bertz CT molecular complexity index is 827. The third kappa shape index (κ3) is 3.72. The number of sulfonamides is 1. The molecule has 2 aromatic rings. The van der Waals surface area contributed by atoms with Crippen LogP contribution in [0.3, 0.4) is 0 Å². The maximum Gasteiger partial charge on any atom is 0.284 e. The minimum absolute atomic E-state index is 0.0180. The van der Waals surface area contributed by atoms with Crippen LogP contribution in [0.4, 0.5) is 15.8 Å². The molecule has 0 heterocycles. The fraction of sp³-hybridized carbons (Fsp3) is 0. The van der Waals surface area contributed by atoms with Gasteiger partial charge in [-0.15, -0.1) is 0 Å². The molecule has 10 heteroatoms. The maximum absolute atomic E-state index is 13.8. The van der Waals surface area contributed by atoms with Gasteiger partial charge in [-0.1, -0.05) is 12.1 Å². The summed E-state index contributed by atoms with van der Waals surface area (Å²) < 4.78 is 38.6. The largest absolute Gasteiger partial charge is 0.323 e. The molecule has 0 saturated carbocycles. The number of hydrogen-bond acceptors (Lipinski definition) is 6. The van der Waals surface area contributed by atoms with Crippen LogP contribution in [0.25, 0.3) is 0 Å². The first-order chi connectivity index (χ1) is 10.3. The van der Waals surface area contributed by atoms with E-state index in [2.05, 4.69) is 4.72 Å². The summed E-state index contributed by atoms with van der Waals surface area (Å²) in [6, 6.07) is 9.06. The highest BCUT2D eigenvalue weighted by Crippen LogP contribution is 2.30. The Balaban J connectivity index is 2.21. The fourth-order valence-electron chi connectivity index (χ4n) is 1.56. The fourth-order valence-corrected chi connectivity index (χ4v) is 2.86. The molecule has 3 N–H and O–H groups in total. The number of halogens is 1. The molecule has 7 nitrogen and oxygen atoms in total. The molecule has 0 radical (unpaired) electrons. The van der Waals surface area contributed by atoms with Crippen molar-refractivity contribution in [1.29, 1.82) is 0 Å². The summed E-state index contributed by atoms with van der Waals surface area (Å²) in [6.07, 6.45) is 0. The van der Waals surface area contributed by atoms with Gasteiger partial charge in [0, 0.05) is 6.07 Å². The summed E-state index contributed by atoms with van der Waals surface area (Å²) in [6.45, 7) is 0. The van der Waals surface area contributed by atoms with Gasteiger partial charge in [0.25, 0.3) is 5.69 Å². The molecule has 0 bridgehead atoms. The average molecular weight is 343 g/mol. The van der Waals surface area contributed by atoms with E-state index in [0.29, 0.717) is 4.90 Å². The first kappa shape index (κ1) is 16.2. The second kappa shape index (κ2) is 6.30. The number of hydrogen-bond donors (Lipinski definition) is 2. The normalized spacial score (nSPS) is 11.2. The summed E-state index contributed by atoms with van der Waals surface area (Å²) in [5, 5.41) is 15.8. The molecule has 2 rings (SSSR count). The molecular weight excluding hydrogens is 333 g/mol. The van der Waals surface area contributed by atoms with Crippen LogP contribution in [0.2, 0.25) is 0 Å². The van der Waals surface area contributed by atoms with Gasteiger partial charge in [0.05, 0.1) is 15.5 Å². The Labute approximate surface area is 129 Å². The van der Waals surface area contributed by atoms with E-state index in [4.69, 9.17) is 5.14 Å². The highest BCUT2D eigenvalue weighted by atomic mass is 32.2. The third-order valence-corrected chi connectivity index (χ3v) is 4.40. The van der Waals surface area contributed by atoms with E-state index in [1.807, 2.05) is 0 Å². The zero-order chi connectivity index (χ0) is 16.3. The molecule has 0 spiro atoms. The molecular formula is C12H10FN3O4S2. The number of nitrogens with one attached hydrogen (secondary N) is 1. The van der Waals surface area contributed by atoms with Crippen molar-refractivity contribution < 1.29 is 17.7 Å². The molecule has 0 aliphatic rings. The molecule has 116 valence electrons. The van der Waals surface area contributed by atoms with Crippen LogP contribution in [-0.4, -0.2) is 13.3 Å². The molecule has 0 aromatic heterocycles. The number of benzene rings is 2. The quantitative estimate of drug-likeness (QED) is 0.489. The molecule has 0 aliphatic carbocycles. The van der Waals surface area contributed by atoms with Crippen LogP contribution in [-0.2, 0) is 10.0 Å². The minimum Gasteiger partial charge on any atom is -0.323 e. The smallest absolute Gasteiger partial charge is 0.284 e. The van der Waals surface area contributed by atoms with Gasteiger partial charge in [0.2, 0.25) is 10.0 Å². The second-order valence-corrected chi connectivity index (χ2v) is 6.53. The summed E-state index contributed by atoms with van der Waals surface area (Å²) in [5.74, 6) is -0.836. The third-order valence-electron chi connectivity index (χ3n) is 2.60. The van der Waals surface area contributed by atoms with Crippen LogP contribution in [0.5, 0.6) is 0 Å². The SMILES string of the molecule is NS(=O)(=O)c1ccc(NSc2ccccc2[N+](=O)[O-])c(F)c1. The van der Waals surface area contributed by atoms with Crippen LogP contribution in [0, 0.1) is 15.9 Å². The van der Waals surface area contributed by atoms with Crippen molar-refractivity contribution in [3.63, 3.8) is 0 Å². The monoisotopic (exact) mass is 343 g/mol. The zero-order valence-corrected chi connectivity index (χ0v) is 12.5. The number of primary sulfonamides is 1. The summed E-state index contributed by atoms with van der Waals surface area (Å²) in [7, 11) is -3.99. The van der Waals surface area contributed by atoms with Gasteiger partial charge in [-0.2, -0.15) is 0 Å². The van der Waals surface area contributed by atoms with E-state index in [1.54, 1.807) is 6.07 Å². The highest BCUT2D eigenvalue weighted by molar-refractivity contribution is 8.00. The molecule has 0 fully saturated rings. The van der Waals surface area contributed by atoms with Crippen molar-refractivity contribution in [2.24, 2.45) is 5.14 Å². The van der Waals surface area contributed by atoms with Gasteiger partial charge >= 0.3 is 0 Å². The summed E-state index contributed by atoms with van der Waals surface area (Å²) >= 11 is 0.844. The van der Waals surface area contributed by atoms with Crippen molar-refractivity contribution in [2.75, 3.05) is 4.72 Å². The van der Waals surface area contributed by atoms with E-state index < -0.39 is 20.8 Å². The molecule has 0 amide bonds. The number of para-hydroxylation sites is 1. The van der Waals surface area contributed by atoms with Gasteiger partial charge in [-0.25, -0.2) is 17.9 Å². The predicted molar refractivity (Wildman–Crippen MR) is 80.3 cm³/mol. The molecule has 22 heavy (non-hydrogen) atoms.